The number of nitrogens with one attached hydrogen (secondary N) is 2. The molecule has 0 fully saturated rings. The van der Waals surface area contributed by atoms with Gasteiger partial charge < -0.3 is 16.4 Å². The van der Waals surface area contributed by atoms with Crippen molar-refractivity contribution in [3.05, 3.63) is 0 Å². The van der Waals surface area contributed by atoms with E-state index in [2.05, 4.69) is 17.6 Å². The minimum absolute atomic E-state index is 0.0545. The van der Waals surface area contributed by atoms with E-state index in [0.29, 0.717) is 6.54 Å². The van der Waals surface area contributed by atoms with Crippen molar-refractivity contribution in [3.63, 3.8) is 0 Å². The molecule has 0 radical (unpaired) electrons. The number of carbonyl (C=O) groups excluding carboxylic acids is 1. The lowest BCUT2D eigenvalue weighted by Gasteiger charge is -2.26. The van der Waals surface area contributed by atoms with E-state index in [9.17, 15) is 4.79 Å². The van der Waals surface area contributed by atoms with Crippen LogP contribution in [0.5, 0.6) is 0 Å². The van der Waals surface area contributed by atoms with Crippen LogP contribution >= 0.6 is 0 Å². The van der Waals surface area contributed by atoms with Crippen LogP contribution in [0.25, 0.3) is 0 Å². The Morgan fingerprint density at radius 2 is 2.07 bits per heavy atom. The molecule has 0 bridgehead atoms. The molecule has 1 atom stereocenters. The molecule has 4 heteroatoms. The Kier molecular flexibility index (Phi) is 6.52. The first-order valence-electron chi connectivity index (χ1n) is 5.68. The standard InChI is InChI=1S/C11H25N3O/c1-5-11(3,4)14-10(15)9(2)13-8-6-7-12/h9,13H,5-8,12H2,1-4H3,(H,14,15). The molecular weight excluding hydrogens is 190 g/mol. The van der Waals surface area contributed by atoms with Crippen LogP contribution in [0.1, 0.15) is 40.5 Å². The number of nitrogens with two attached hydrogens (primary N) is 1. The van der Waals surface area contributed by atoms with Crippen molar-refractivity contribution in [2.75, 3.05) is 13.1 Å². The van der Waals surface area contributed by atoms with Gasteiger partial charge in [0, 0.05) is 5.54 Å². The largest absolute Gasteiger partial charge is 0.350 e. The second-order valence-corrected chi connectivity index (χ2v) is 4.54. The fraction of sp³-hybridized carbons (Fsp3) is 0.909. The van der Waals surface area contributed by atoms with Crippen LogP contribution in [0.2, 0.25) is 0 Å². The highest BCUT2D eigenvalue weighted by molar-refractivity contribution is 5.81. The van der Waals surface area contributed by atoms with Gasteiger partial charge in [-0.1, -0.05) is 6.92 Å². The minimum Gasteiger partial charge on any atom is -0.350 e. The second-order valence-electron chi connectivity index (χ2n) is 4.54. The molecule has 0 aliphatic heterocycles. The van der Waals surface area contributed by atoms with Crippen LogP contribution in [-0.2, 0) is 4.79 Å². The Morgan fingerprint density at radius 1 is 1.47 bits per heavy atom. The fourth-order valence-corrected chi connectivity index (χ4v) is 1.04. The summed E-state index contributed by atoms with van der Waals surface area (Å²) < 4.78 is 0. The molecular formula is C11H25N3O. The summed E-state index contributed by atoms with van der Waals surface area (Å²) in [4.78, 5) is 11.7. The molecule has 0 aromatic rings. The fourth-order valence-electron chi connectivity index (χ4n) is 1.04. The number of hydrogen-bond donors (Lipinski definition) is 3. The van der Waals surface area contributed by atoms with Crippen molar-refractivity contribution in [1.82, 2.24) is 10.6 Å². The summed E-state index contributed by atoms with van der Waals surface area (Å²) in [6, 6.07) is -0.151. The summed E-state index contributed by atoms with van der Waals surface area (Å²) in [6.45, 7) is 9.43. The van der Waals surface area contributed by atoms with Crippen molar-refractivity contribution in [2.45, 2.75) is 52.1 Å². The monoisotopic (exact) mass is 215 g/mol. The third kappa shape index (κ3) is 6.47. The number of hydrogen-bond acceptors (Lipinski definition) is 3. The maximum absolute atomic E-state index is 11.7. The molecule has 0 spiro atoms. The Balaban J connectivity index is 3.88. The minimum atomic E-state index is -0.151. The average molecular weight is 215 g/mol. The first kappa shape index (κ1) is 14.4. The Labute approximate surface area is 93.0 Å². The topological polar surface area (TPSA) is 67.2 Å². The highest BCUT2D eigenvalue weighted by atomic mass is 16.2. The summed E-state index contributed by atoms with van der Waals surface area (Å²) in [6.07, 6.45) is 1.82. The van der Waals surface area contributed by atoms with Gasteiger partial charge in [0.2, 0.25) is 5.91 Å². The first-order valence-corrected chi connectivity index (χ1v) is 5.68. The van der Waals surface area contributed by atoms with E-state index in [1.165, 1.54) is 0 Å². The highest BCUT2D eigenvalue weighted by Crippen LogP contribution is 2.06. The average Bonchev–Trinajstić information content (AvgIpc) is 2.17. The second kappa shape index (κ2) is 6.80. The molecule has 0 saturated carbocycles. The van der Waals surface area contributed by atoms with Gasteiger partial charge in [0.25, 0.3) is 0 Å². The van der Waals surface area contributed by atoms with Gasteiger partial charge in [-0.25, -0.2) is 0 Å². The molecule has 1 amide bonds. The van der Waals surface area contributed by atoms with Gasteiger partial charge in [-0.15, -0.1) is 0 Å². The lowest BCUT2D eigenvalue weighted by Crippen LogP contribution is -2.50. The molecule has 90 valence electrons. The summed E-state index contributed by atoms with van der Waals surface area (Å²) in [5, 5.41) is 6.14. The van der Waals surface area contributed by atoms with Crippen LogP contribution in [0.4, 0.5) is 0 Å². The van der Waals surface area contributed by atoms with E-state index in [1.54, 1.807) is 0 Å². The van der Waals surface area contributed by atoms with Crippen LogP contribution < -0.4 is 16.4 Å². The maximum atomic E-state index is 11.7. The predicted octanol–water partition coefficient (Wildman–Crippen LogP) is 0.618. The number of rotatable bonds is 7. The van der Waals surface area contributed by atoms with Crippen LogP contribution in [-0.4, -0.2) is 30.6 Å². The van der Waals surface area contributed by atoms with Crippen molar-refractivity contribution in [3.8, 4) is 0 Å². The summed E-state index contributed by atoms with van der Waals surface area (Å²) >= 11 is 0. The first-order chi connectivity index (χ1) is 6.93. The summed E-state index contributed by atoms with van der Waals surface area (Å²) in [5.41, 5.74) is 5.25. The summed E-state index contributed by atoms with van der Waals surface area (Å²) in [7, 11) is 0. The van der Waals surface area contributed by atoms with Crippen molar-refractivity contribution >= 4 is 5.91 Å². The third-order valence-corrected chi connectivity index (χ3v) is 2.57. The molecule has 0 aliphatic rings. The maximum Gasteiger partial charge on any atom is 0.237 e. The van der Waals surface area contributed by atoms with E-state index < -0.39 is 0 Å². The molecule has 0 rings (SSSR count). The van der Waals surface area contributed by atoms with Gasteiger partial charge in [0.05, 0.1) is 6.04 Å². The third-order valence-electron chi connectivity index (χ3n) is 2.57. The molecule has 0 aromatic carbocycles. The lowest BCUT2D eigenvalue weighted by molar-refractivity contribution is -0.124. The van der Waals surface area contributed by atoms with Crippen molar-refractivity contribution < 1.29 is 4.79 Å². The van der Waals surface area contributed by atoms with Crippen LogP contribution in [0, 0.1) is 0 Å². The Hall–Kier alpha value is -0.610. The zero-order valence-electron chi connectivity index (χ0n) is 10.4. The Morgan fingerprint density at radius 3 is 2.53 bits per heavy atom. The number of carbonyl (C=O) groups is 1. The van der Waals surface area contributed by atoms with E-state index in [1.807, 2.05) is 20.8 Å². The zero-order chi connectivity index (χ0) is 11.9. The van der Waals surface area contributed by atoms with Gasteiger partial charge in [-0.05, 0) is 46.7 Å². The van der Waals surface area contributed by atoms with Gasteiger partial charge in [-0.3, -0.25) is 4.79 Å². The normalized spacial score (nSPS) is 13.7. The molecule has 0 aliphatic carbocycles. The molecule has 4 N–H and O–H groups in total. The van der Waals surface area contributed by atoms with Gasteiger partial charge >= 0.3 is 0 Å². The van der Waals surface area contributed by atoms with Crippen molar-refractivity contribution in [2.24, 2.45) is 5.73 Å². The van der Waals surface area contributed by atoms with Crippen LogP contribution in [0.15, 0.2) is 0 Å². The van der Waals surface area contributed by atoms with E-state index >= 15 is 0 Å². The predicted molar refractivity (Wildman–Crippen MR) is 63.6 cm³/mol. The molecule has 15 heavy (non-hydrogen) atoms. The quantitative estimate of drug-likeness (QED) is 0.545. The zero-order valence-corrected chi connectivity index (χ0v) is 10.4. The van der Waals surface area contributed by atoms with Crippen molar-refractivity contribution in [1.29, 1.82) is 0 Å². The summed E-state index contributed by atoms with van der Waals surface area (Å²) in [5.74, 6) is 0.0545. The highest BCUT2D eigenvalue weighted by Gasteiger charge is 2.20. The Bertz CT molecular complexity index is 192. The van der Waals surface area contributed by atoms with Crippen LogP contribution in [0.3, 0.4) is 0 Å². The smallest absolute Gasteiger partial charge is 0.237 e. The van der Waals surface area contributed by atoms with E-state index in [0.717, 1.165) is 19.4 Å². The molecule has 0 heterocycles. The van der Waals surface area contributed by atoms with E-state index in [-0.39, 0.29) is 17.5 Å². The van der Waals surface area contributed by atoms with E-state index in [4.69, 9.17) is 5.73 Å². The SMILES string of the molecule is CCC(C)(C)NC(=O)C(C)NCCCN. The van der Waals surface area contributed by atoms with Gasteiger partial charge in [0.15, 0.2) is 0 Å². The number of amides is 1. The molecule has 1 unspecified atom stereocenters. The van der Waals surface area contributed by atoms with Gasteiger partial charge in [0.1, 0.15) is 0 Å². The lowest BCUT2D eigenvalue weighted by atomic mass is 10.0. The molecule has 4 nitrogen and oxygen atoms in total. The molecule has 0 saturated heterocycles. The van der Waals surface area contributed by atoms with Gasteiger partial charge in [-0.2, -0.15) is 0 Å². The molecule has 0 aromatic heterocycles.